The van der Waals surface area contributed by atoms with Gasteiger partial charge in [-0.2, -0.15) is 0 Å². The van der Waals surface area contributed by atoms with E-state index in [4.69, 9.17) is 5.73 Å². The molecule has 0 fully saturated rings. The maximum Gasteiger partial charge on any atom is 0.224 e. The number of amides is 1. The van der Waals surface area contributed by atoms with E-state index >= 15 is 0 Å². The molecule has 0 aliphatic rings. The van der Waals surface area contributed by atoms with E-state index in [-0.39, 0.29) is 35.7 Å². The van der Waals surface area contributed by atoms with Gasteiger partial charge in [-0.3, -0.25) is 19.4 Å². The molecule has 6 heteroatoms. The highest BCUT2D eigenvalue weighted by Crippen LogP contribution is 2.19. The number of unbranched alkanes of at least 4 members (excludes halogenated alkanes) is 2. The van der Waals surface area contributed by atoms with Crippen molar-refractivity contribution in [2.24, 2.45) is 28.5 Å². The van der Waals surface area contributed by atoms with Gasteiger partial charge in [-0.1, -0.05) is 70.5 Å². The number of nitrogens with one attached hydrogen (secondary N) is 1. The number of allylic oxidation sites excluding steroid dienone is 2. The average Bonchev–Trinajstić information content (AvgIpc) is 2.79. The number of ketones is 2. The number of rotatable bonds is 17. The Kier molecular flexibility index (Phi) is 14.5. The fourth-order valence-corrected chi connectivity index (χ4v) is 3.89. The highest BCUT2D eigenvalue weighted by atomic mass is 16.2. The van der Waals surface area contributed by atoms with Gasteiger partial charge >= 0.3 is 0 Å². The summed E-state index contributed by atoms with van der Waals surface area (Å²) in [5.74, 6) is 0.138. The smallest absolute Gasteiger partial charge is 0.224 e. The van der Waals surface area contributed by atoms with Crippen LogP contribution in [0.15, 0.2) is 47.5 Å². The van der Waals surface area contributed by atoms with Crippen molar-refractivity contribution in [2.45, 2.75) is 85.6 Å². The van der Waals surface area contributed by atoms with Gasteiger partial charge < -0.3 is 11.1 Å². The van der Waals surface area contributed by atoms with E-state index in [0.717, 1.165) is 24.8 Å². The number of hydrogen-bond acceptors (Lipinski definition) is 4. The van der Waals surface area contributed by atoms with Crippen molar-refractivity contribution in [1.82, 2.24) is 5.32 Å². The first-order chi connectivity index (χ1) is 16.6. The van der Waals surface area contributed by atoms with E-state index < -0.39 is 12.0 Å². The highest BCUT2D eigenvalue weighted by molar-refractivity contribution is 5.95. The number of nitrogens with zero attached hydrogens (tertiary/aromatic N) is 1. The summed E-state index contributed by atoms with van der Waals surface area (Å²) >= 11 is 0. The normalized spacial score (nSPS) is 13.9. The molecule has 0 radical (unpaired) electrons. The number of amidine groups is 1. The van der Waals surface area contributed by atoms with Gasteiger partial charge in [0.25, 0.3) is 0 Å². The van der Waals surface area contributed by atoms with Gasteiger partial charge in [-0.25, -0.2) is 0 Å². The minimum absolute atomic E-state index is 0.0113. The number of carbonyl (C=O) groups is 3. The molecule has 1 aromatic rings. The Morgan fingerprint density at radius 2 is 1.71 bits per heavy atom. The largest absolute Gasteiger partial charge is 0.388 e. The van der Waals surface area contributed by atoms with Crippen LogP contribution in [-0.4, -0.2) is 35.9 Å². The Labute approximate surface area is 211 Å². The summed E-state index contributed by atoms with van der Waals surface area (Å²) < 4.78 is 0. The standard InChI is InChI=1S/C29H45N3O3/c1-21(2)19-27(28(34)17-10-7-11-18-31-23(5)30)32-29(35)26(22(3)4)20-25(33)16-12-15-24-13-8-6-9-14-24/h6,8-9,12-14,16,21-22,26-27H,7,10-11,15,17-20H2,1-5H3,(H2,30,31)(H,32,35)/b16-12+. The summed E-state index contributed by atoms with van der Waals surface area (Å²) in [6.45, 7) is 10.4. The summed E-state index contributed by atoms with van der Waals surface area (Å²) in [6.07, 6.45) is 7.80. The van der Waals surface area contributed by atoms with Crippen LogP contribution >= 0.6 is 0 Å². The Bertz CT molecular complexity index is 840. The lowest BCUT2D eigenvalue weighted by Gasteiger charge is -2.25. The van der Waals surface area contributed by atoms with Crippen LogP contribution in [0.5, 0.6) is 0 Å². The second-order valence-corrected chi connectivity index (χ2v) is 10.1. The number of carbonyl (C=O) groups excluding carboxylic acids is 3. The number of nitrogens with two attached hydrogens (primary N) is 1. The molecule has 2 unspecified atom stereocenters. The number of Topliss-reactive ketones (excluding diaryl/α,β-unsaturated/α-hetero) is 1. The molecule has 0 saturated heterocycles. The molecule has 35 heavy (non-hydrogen) atoms. The van der Waals surface area contributed by atoms with Gasteiger partial charge in [0.05, 0.1) is 11.9 Å². The van der Waals surface area contributed by atoms with Crippen molar-refractivity contribution in [2.75, 3.05) is 6.54 Å². The summed E-state index contributed by atoms with van der Waals surface area (Å²) in [5.41, 5.74) is 6.67. The molecule has 0 saturated carbocycles. The van der Waals surface area contributed by atoms with E-state index in [1.807, 2.05) is 64.1 Å². The Morgan fingerprint density at radius 3 is 2.31 bits per heavy atom. The fraction of sp³-hybridized carbons (Fsp3) is 0.586. The monoisotopic (exact) mass is 483 g/mol. The summed E-state index contributed by atoms with van der Waals surface area (Å²) in [4.78, 5) is 42.8. The number of benzene rings is 1. The zero-order valence-corrected chi connectivity index (χ0v) is 22.3. The predicted molar refractivity (Wildman–Crippen MR) is 144 cm³/mol. The molecule has 2 atom stereocenters. The SMILES string of the molecule is CC(N)=NCCCCCC(=O)C(CC(C)C)NC(=O)C(CC(=O)/C=C/Cc1ccccc1)C(C)C. The van der Waals surface area contributed by atoms with E-state index in [2.05, 4.69) is 10.3 Å². The van der Waals surface area contributed by atoms with Crippen molar-refractivity contribution in [1.29, 1.82) is 0 Å². The van der Waals surface area contributed by atoms with Gasteiger partial charge in [0.15, 0.2) is 11.6 Å². The molecule has 1 amide bonds. The van der Waals surface area contributed by atoms with Gasteiger partial charge in [0.2, 0.25) is 5.91 Å². The molecule has 6 nitrogen and oxygen atoms in total. The summed E-state index contributed by atoms with van der Waals surface area (Å²) in [6, 6.07) is 9.41. The molecule has 1 rings (SSSR count). The molecule has 0 aliphatic heterocycles. The maximum atomic E-state index is 13.1. The van der Waals surface area contributed by atoms with Gasteiger partial charge in [0.1, 0.15) is 0 Å². The quantitative estimate of drug-likeness (QED) is 0.140. The van der Waals surface area contributed by atoms with Crippen LogP contribution in [0.4, 0.5) is 0 Å². The molecule has 0 heterocycles. The molecule has 0 spiro atoms. The summed E-state index contributed by atoms with van der Waals surface area (Å²) in [5, 5.41) is 2.98. The Morgan fingerprint density at radius 1 is 1.03 bits per heavy atom. The molecule has 1 aromatic carbocycles. The zero-order chi connectivity index (χ0) is 26.2. The lowest BCUT2D eigenvalue weighted by molar-refractivity contribution is -0.133. The van der Waals surface area contributed by atoms with E-state index in [0.29, 0.717) is 31.6 Å². The predicted octanol–water partition coefficient (Wildman–Crippen LogP) is 5.05. The van der Waals surface area contributed by atoms with E-state index in [1.165, 1.54) is 0 Å². The van der Waals surface area contributed by atoms with Crippen LogP contribution < -0.4 is 11.1 Å². The van der Waals surface area contributed by atoms with Crippen LogP contribution in [0.1, 0.15) is 78.7 Å². The first kappa shape index (κ1) is 30.3. The molecular formula is C29H45N3O3. The first-order valence-corrected chi connectivity index (χ1v) is 12.9. The van der Waals surface area contributed by atoms with Crippen LogP contribution in [0.3, 0.4) is 0 Å². The molecule has 0 aromatic heterocycles. The van der Waals surface area contributed by atoms with Gasteiger partial charge in [0, 0.05) is 25.3 Å². The average molecular weight is 484 g/mol. The van der Waals surface area contributed by atoms with Gasteiger partial charge in [-0.05, 0) is 56.1 Å². The third-order valence-electron chi connectivity index (χ3n) is 5.92. The minimum Gasteiger partial charge on any atom is -0.388 e. The third kappa shape index (κ3) is 13.6. The van der Waals surface area contributed by atoms with Crippen LogP contribution in [0.25, 0.3) is 0 Å². The van der Waals surface area contributed by atoms with Crippen LogP contribution in [0.2, 0.25) is 0 Å². The lowest BCUT2D eigenvalue weighted by Crippen LogP contribution is -2.45. The molecule has 0 aliphatic carbocycles. The Balaban J connectivity index is 2.65. The first-order valence-electron chi connectivity index (χ1n) is 12.9. The van der Waals surface area contributed by atoms with Crippen molar-refractivity contribution in [3.8, 4) is 0 Å². The number of hydrogen-bond donors (Lipinski definition) is 2. The second-order valence-electron chi connectivity index (χ2n) is 10.1. The topological polar surface area (TPSA) is 102 Å². The highest BCUT2D eigenvalue weighted by Gasteiger charge is 2.28. The second kappa shape index (κ2) is 16.8. The summed E-state index contributed by atoms with van der Waals surface area (Å²) in [7, 11) is 0. The fourth-order valence-electron chi connectivity index (χ4n) is 3.89. The van der Waals surface area contributed by atoms with E-state index in [1.54, 1.807) is 13.0 Å². The van der Waals surface area contributed by atoms with Crippen LogP contribution in [-0.2, 0) is 20.8 Å². The molecule has 0 bridgehead atoms. The third-order valence-corrected chi connectivity index (χ3v) is 5.92. The zero-order valence-electron chi connectivity index (χ0n) is 22.3. The minimum atomic E-state index is -0.517. The Hall–Kier alpha value is -2.76. The number of aliphatic imine (C=N–C) groups is 1. The van der Waals surface area contributed by atoms with E-state index in [9.17, 15) is 14.4 Å². The molecular weight excluding hydrogens is 438 g/mol. The molecule has 3 N–H and O–H groups in total. The van der Waals surface area contributed by atoms with Crippen molar-refractivity contribution in [3.05, 3.63) is 48.0 Å². The molecule has 194 valence electrons. The van der Waals surface area contributed by atoms with Crippen LogP contribution in [0, 0.1) is 17.8 Å². The van der Waals surface area contributed by atoms with Crippen molar-refractivity contribution >= 4 is 23.3 Å². The maximum absolute atomic E-state index is 13.1. The lowest BCUT2D eigenvalue weighted by atomic mass is 9.88. The van der Waals surface area contributed by atoms with Crippen molar-refractivity contribution in [3.63, 3.8) is 0 Å². The van der Waals surface area contributed by atoms with Crippen molar-refractivity contribution < 1.29 is 14.4 Å². The van der Waals surface area contributed by atoms with Gasteiger partial charge in [-0.15, -0.1) is 0 Å².